The largest absolute Gasteiger partial charge is 0.444 e. The van der Waals surface area contributed by atoms with Gasteiger partial charge in [-0.05, 0) is 52.0 Å². The number of carbonyl (C=O) groups is 1. The number of hydrogen-bond acceptors (Lipinski definition) is 2. The van der Waals surface area contributed by atoms with Gasteiger partial charge < -0.3 is 15.0 Å². The van der Waals surface area contributed by atoms with Crippen LogP contribution in [0, 0.1) is 0 Å². The van der Waals surface area contributed by atoms with Crippen LogP contribution in [0.1, 0.15) is 39.4 Å². The highest BCUT2D eigenvalue weighted by atomic mass is 79.9. The van der Waals surface area contributed by atoms with Crippen molar-refractivity contribution in [1.29, 1.82) is 0 Å². The Bertz CT molecular complexity index is 628. The minimum atomic E-state index is -0.491. The van der Waals surface area contributed by atoms with Crippen LogP contribution in [0.25, 0.3) is 10.9 Å². The average molecular weight is 339 g/mol. The number of benzene rings is 1. The number of carbonyl (C=O) groups excluding carboxylic acids is 1. The zero-order valence-electron chi connectivity index (χ0n) is 12.1. The molecule has 0 saturated heterocycles. The Morgan fingerprint density at radius 2 is 2.05 bits per heavy atom. The van der Waals surface area contributed by atoms with Crippen molar-refractivity contribution >= 4 is 32.9 Å². The fourth-order valence-corrected chi connectivity index (χ4v) is 2.30. The first-order valence-electron chi connectivity index (χ1n) is 6.52. The molecule has 2 N–H and O–H groups in total. The van der Waals surface area contributed by atoms with E-state index in [1.165, 1.54) is 0 Å². The van der Waals surface area contributed by atoms with Crippen LogP contribution >= 0.6 is 15.9 Å². The lowest BCUT2D eigenvalue weighted by Crippen LogP contribution is -2.34. The molecule has 0 aliphatic heterocycles. The highest BCUT2D eigenvalue weighted by Crippen LogP contribution is 2.23. The van der Waals surface area contributed by atoms with Crippen LogP contribution in [0.4, 0.5) is 4.79 Å². The maximum Gasteiger partial charge on any atom is 0.408 e. The van der Waals surface area contributed by atoms with Gasteiger partial charge in [0.05, 0.1) is 6.04 Å². The summed E-state index contributed by atoms with van der Waals surface area (Å²) in [4.78, 5) is 15.1. The molecule has 0 saturated carbocycles. The van der Waals surface area contributed by atoms with E-state index in [-0.39, 0.29) is 6.04 Å². The number of ether oxygens (including phenoxy) is 1. The Morgan fingerprint density at radius 3 is 2.70 bits per heavy atom. The number of alkyl carbamates (subject to hydrolysis) is 1. The molecule has 108 valence electrons. The Hall–Kier alpha value is -1.49. The Balaban J connectivity index is 2.11. The maximum atomic E-state index is 11.8. The van der Waals surface area contributed by atoms with Crippen LogP contribution in [-0.2, 0) is 4.74 Å². The summed E-state index contributed by atoms with van der Waals surface area (Å²) < 4.78 is 6.28. The summed E-state index contributed by atoms with van der Waals surface area (Å²) in [7, 11) is 0. The Labute approximate surface area is 127 Å². The van der Waals surface area contributed by atoms with Crippen molar-refractivity contribution in [2.24, 2.45) is 0 Å². The number of nitrogens with one attached hydrogen (secondary N) is 2. The van der Waals surface area contributed by atoms with E-state index in [1.807, 2.05) is 52.0 Å². The van der Waals surface area contributed by atoms with Crippen molar-refractivity contribution in [1.82, 2.24) is 10.3 Å². The molecule has 0 aliphatic carbocycles. The molecule has 0 radical (unpaired) electrons. The number of halogens is 1. The molecule has 0 bridgehead atoms. The molecular weight excluding hydrogens is 320 g/mol. The first kappa shape index (κ1) is 14.9. The van der Waals surface area contributed by atoms with Crippen molar-refractivity contribution in [2.75, 3.05) is 0 Å². The second-order valence-electron chi connectivity index (χ2n) is 5.82. The summed E-state index contributed by atoms with van der Waals surface area (Å²) in [6, 6.07) is 7.91. The quantitative estimate of drug-likeness (QED) is 0.845. The molecule has 5 heteroatoms. The number of H-pyrrole nitrogens is 1. The molecule has 1 amide bonds. The van der Waals surface area contributed by atoms with Crippen molar-refractivity contribution in [3.05, 3.63) is 34.4 Å². The highest BCUT2D eigenvalue weighted by Gasteiger charge is 2.19. The molecule has 1 unspecified atom stereocenters. The molecule has 0 aliphatic rings. The van der Waals surface area contributed by atoms with Crippen LogP contribution < -0.4 is 5.32 Å². The third-order valence-electron chi connectivity index (χ3n) is 2.80. The molecule has 1 aromatic heterocycles. The first-order valence-corrected chi connectivity index (χ1v) is 7.31. The van der Waals surface area contributed by atoms with E-state index in [0.29, 0.717) is 0 Å². The van der Waals surface area contributed by atoms with Crippen molar-refractivity contribution in [3.63, 3.8) is 0 Å². The van der Waals surface area contributed by atoms with E-state index in [0.717, 1.165) is 21.1 Å². The lowest BCUT2D eigenvalue weighted by molar-refractivity contribution is 0.0507. The number of amides is 1. The predicted molar refractivity (Wildman–Crippen MR) is 83.8 cm³/mol. The summed E-state index contributed by atoms with van der Waals surface area (Å²) >= 11 is 3.45. The number of hydrogen-bond donors (Lipinski definition) is 2. The van der Waals surface area contributed by atoms with Gasteiger partial charge in [0, 0.05) is 21.1 Å². The van der Waals surface area contributed by atoms with E-state index in [2.05, 4.69) is 26.2 Å². The van der Waals surface area contributed by atoms with Gasteiger partial charge in [0.25, 0.3) is 0 Å². The van der Waals surface area contributed by atoms with Gasteiger partial charge in [-0.2, -0.15) is 0 Å². The summed E-state index contributed by atoms with van der Waals surface area (Å²) in [5.74, 6) is 0. The van der Waals surface area contributed by atoms with E-state index >= 15 is 0 Å². The van der Waals surface area contributed by atoms with Gasteiger partial charge >= 0.3 is 6.09 Å². The molecule has 1 aromatic carbocycles. The minimum Gasteiger partial charge on any atom is -0.444 e. The maximum absolute atomic E-state index is 11.8. The predicted octanol–water partition coefficient (Wildman–Crippen LogP) is 4.52. The SMILES string of the molecule is CC(NC(=O)OC(C)(C)C)c1cc2cc(Br)ccc2[nH]1. The summed E-state index contributed by atoms with van der Waals surface area (Å²) in [6.07, 6.45) is -0.412. The van der Waals surface area contributed by atoms with Crippen LogP contribution in [0.3, 0.4) is 0 Å². The molecule has 2 aromatic rings. The summed E-state index contributed by atoms with van der Waals surface area (Å²) in [6.45, 7) is 7.46. The van der Waals surface area contributed by atoms with Crippen LogP contribution in [0.2, 0.25) is 0 Å². The number of rotatable bonds is 2. The zero-order chi connectivity index (χ0) is 14.9. The van der Waals surface area contributed by atoms with Gasteiger partial charge in [-0.15, -0.1) is 0 Å². The molecule has 2 rings (SSSR count). The van der Waals surface area contributed by atoms with Crippen molar-refractivity contribution < 1.29 is 9.53 Å². The van der Waals surface area contributed by atoms with Gasteiger partial charge in [0.15, 0.2) is 0 Å². The standard InChI is InChI=1S/C15H19BrN2O2/c1-9(17-14(19)20-15(2,3)4)13-8-10-7-11(16)5-6-12(10)18-13/h5-9,18H,1-4H3,(H,17,19). The zero-order valence-corrected chi connectivity index (χ0v) is 13.7. The van der Waals surface area contributed by atoms with E-state index in [1.54, 1.807) is 0 Å². The third-order valence-corrected chi connectivity index (χ3v) is 3.30. The van der Waals surface area contributed by atoms with Crippen LogP contribution in [0.5, 0.6) is 0 Å². The van der Waals surface area contributed by atoms with Crippen molar-refractivity contribution in [2.45, 2.75) is 39.3 Å². The summed E-state index contributed by atoms with van der Waals surface area (Å²) in [5, 5.41) is 3.93. The fraction of sp³-hybridized carbons (Fsp3) is 0.400. The number of aromatic nitrogens is 1. The van der Waals surface area contributed by atoms with Crippen LogP contribution in [-0.4, -0.2) is 16.7 Å². The normalized spacial score (nSPS) is 13.2. The Kier molecular flexibility index (Phi) is 4.09. The molecule has 4 nitrogen and oxygen atoms in total. The molecule has 1 heterocycles. The van der Waals surface area contributed by atoms with Gasteiger partial charge in [-0.1, -0.05) is 15.9 Å². The average Bonchev–Trinajstić information content (AvgIpc) is 2.68. The third kappa shape index (κ3) is 3.76. The fourth-order valence-electron chi connectivity index (χ4n) is 1.92. The number of fused-ring (bicyclic) bond motifs is 1. The lowest BCUT2D eigenvalue weighted by Gasteiger charge is -2.21. The Morgan fingerprint density at radius 1 is 1.35 bits per heavy atom. The van der Waals surface area contributed by atoms with E-state index in [4.69, 9.17) is 4.74 Å². The van der Waals surface area contributed by atoms with Gasteiger partial charge in [-0.25, -0.2) is 4.79 Å². The monoisotopic (exact) mass is 338 g/mol. The minimum absolute atomic E-state index is 0.143. The second-order valence-corrected chi connectivity index (χ2v) is 6.74. The van der Waals surface area contributed by atoms with Gasteiger partial charge in [0.2, 0.25) is 0 Å². The molecular formula is C15H19BrN2O2. The molecule has 20 heavy (non-hydrogen) atoms. The second kappa shape index (κ2) is 5.48. The van der Waals surface area contributed by atoms with Crippen molar-refractivity contribution in [3.8, 4) is 0 Å². The van der Waals surface area contributed by atoms with Gasteiger partial charge in [0.1, 0.15) is 5.60 Å². The molecule has 0 spiro atoms. The topological polar surface area (TPSA) is 54.1 Å². The van der Waals surface area contributed by atoms with E-state index in [9.17, 15) is 4.79 Å². The summed E-state index contributed by atoms with van der Waals surface area (Å²) in [5.41, 5.74) is 1.50. The molecule has 1 atom stereocenters. The highest BCUT2D eigenvalue weighted by molar-refractivity contribution is 9.10. The molecule has 0 fully saturated rings. The van der Waals surface area contributed by atoms with Crippen LogP contribution in [0.15, 0.2) is 28.7 Å². The van der Waals surface area contributed by atoms with E-state index < -0.39 is 11.7 Å². The lowest BCUT2D eigenvalue weighted by atomic mass is 10.2. The first-order chi connectivity index (χ1) is 9.24. The van der Waals surface area contributed by atoms with Gasteiger partial charge in [-0.3, -0.25) is 0 Å². The smallest absolute Gasteiger partial charge is 0.408 e. The number of aromatic amines is 1.